The van der Waals surface area contributed by atoms with Gasteiger partial charge in [-0.2, -0.15) is 0 Å². The number of amides is 2. The first-order valence-electron chi connectivity index (χ1n) is 3.96. The van der Waals surface area contributed by atoms with Crippen LogP contribution < -0.4 is 16.0 Å². The third kappa shape index (κ3) is 3.10. The zero-order valence-electron chi connectivity index (χ0n) is 7.66. The fourth-order valence-corrected chi connectivity index (χ4v) is 0.775. The molecule has 0 radical (unpaired) electrons. The van der Waals surface area contributed by atoms with Crippen LogP contribution in [-0.4, -0.2) is 24.0 Å². The molecule has 0 spiro atoms. The lowest BCUT2D eigenvalue weighted by molar-refractivity contribution is 0.256. The second kappa shape index (κ2) is 4.80. The van der Waals surface area contributed by atoms with Crippen LogP contribution in [0.3, 0.4) is 0 Å². The van der Waals surface area contributed by atoms with Crippen LogP contribution >= 0.6 is 0 Å². The zero-order valence-corrected chi connectivity index (χ0v) is 7.66. The van der Waals surface area contributed by atoms with E-state index in [2.05, 4.69) is 20.9 Å². The van der Waals surface area contributed by atoms with Crippen molar-refractivity contribution in [3.05, 3.63) is 24.5 Å². The summed E-state index contributed by atoms with van der Waals surface area (Å²) < 4.78 is 0. The summed E-state index contributed by atoms with van der Waals surface area (Å²) in [5.41, 5.74) is 0.578. The number of nitrogens with one attached hydrogen (secondary N) is 4. The van der Waals surface area contributed by atoms with Gasteiger partial charge in [-0.1, -0.05) is 0 Å². The highest BCUT2D eigenvalue weighted by Crippen LogP contribution is 2.01. The van der Waals surface area contributed by atoms with Crippen molar-refractivity contribution in [2.24, 2.45) is 0 Å². The van der Waals surface area contributed by atoms with Gasteiger partial charge in [0.05, 0.1) is 11.9 Å². The van der Waals surface area contributed by atoms with E-state index in [1.165, 1.54) is 6.20 Å². The zero-order chi connectivity index (χ0) is 10.4. The number of carbonyl (C=O) groups excluding carboxylic acids is 1. The lowest BCUT2D eigenvalue weighted by atomic mass is 10.4. The molecular formula is C8H11N5O. The fraction of sp³-hybridized carbons (Fsp3) is 0.125. The summed E-state index contributed by atoms with van der Waals surface area (Å²) in [6.45, 7) is 0. The van der Waals surface area contributed by atoms with E-state index in [4.69, 9.17) is 5.41 Å². The SMILES string of the molecule is CNC(=N)NC(=O)Nc1cccnc1. The number of urea groups is 1. The monoisotopic (exact) mass is 193 g/mol. The summed E-state index contributed by atoms with van der Waals surface area (Å²) >= 11 is 0. The largest absolute Gasteiger partial charge is 0.359 e. The Hall–Kier alpha value is -2.11. The standard InChI is InChI=1S/C8H11N5O/c1-10-7(9)13-8(14)12-6-3-2-4-11-5-6/h2-5H,1H3,(H4,9,10,12,13,14). The molecule has 0 atom stereocenters. The van der Waals surface area contributed by atoms with Gasteiger partial charge in [-0.25, -0.2) is 4.79 Å². The molecule has 0 aromatic carbocycles. The van der Waals surface area contributed by atoms with Gasteiger partial charge < -0.3 is 10.6 Å². The smallest absolute Gasteiger partial charge is 0.326 e. The summed E-state index contributed by atoms with van der Waals surface area (Å²) in [6, 6.07) is 2.94. The van der Waals surface area contributed by atoms with Crippen LogP contribution in [-0.2, 0) is 0 Å². The Labute approximate surface area is 81.2 Å². The third-order valence-electron chi connectivity index (χ3n) is 1.41. The molecule has 4 N–H and O–H groups in total. The van der Waals surface area contributed by atoms with E-state index in [-0.39, 0.29) is 5.96 Å². The van der Waals surface area contributed by atoms with Crippen molar-refractivity contribution < 1.29 is 4.79 Å². The Bertz CT molecular complexity index is 324. The number of guanidine groups is 1. The Kier molecular flexibility index (Phi) is 3.42. The molecule has 0 fully saturated rings. The Morgan fingerprint density at radius 3 is 2.93 bits per heavy atom. The molecule has 6 nitrogen and oxygen atoms in total. The maximum atomic E-state index is 11.2. The highest BCUT2D eigenvalue weighted by molar-refractivity contribution is 6.01. The van der Waals surface area contributed by atoms with E-state index in [0.717, 1.165) is 0 Å². The maximum absolute atomic E-state index is 11.2. The normalized spacial score (nSPS) is 8.93. The fourth-order valence-electron chi connectivity index (χ4n) is 0.775. The third-order valence-corrected chi connectivity index (χ3v) is 1.41. The Morgan fingerprint density at radius 1 is 1.57 bits per heavy atom. The second-order valence-corrected chi connectivity index (χ2v) is 2.45. The van der Waals surface area contributed by atoms with Gasteiger partial charge in [0.25, 0.3) is 0 Å². The second-order valence-electron chi connectivity index (χ2n) is 2.45. The first-order valence-corrected chi connectivity index (χ1v) is 3.96. The van der Waals surface area contributed by atoms with Crippen molar-refractivity contribution >= 4 is 17.7 Å². The van der Waals surface area contributed by atoms with Crippen molar-refractivity contribution in [2.75, 3.05) is 12.4 Å². The number of hydrogen-bond acceptors (Lipinski definition) is 3. The van der Waals surface area contributed by atoms with Crippen molar-refractivity contribution in [3.8, 4) is 0 Å². The van der Waals surface area contributed by atoms with Crippen molar-refractivity contribution in [3.63, 3.8) is 0 Å². The van der Waals surface area contributed by atoms with E-state index in [1.54, 1.807) is 25.4 Å². The summed E-state index contributed by atoms with van der Waals surface area (Å²) in [7, 11) is 1.55. The highest BCUT2D eigenvalue weighted by atomic mass is 16.2. The van der Waals surface area contributed by atoms with E-state index in [0.29, 0.717) is 5.69 Å². The average Bonchev–Trinajstić information content (AvgIpc) is 2.19. The van der Waals surface area contributed by atoms with Crippen LogP contribution in [0.5, 0.6) is 0 Å². The van der Waals surface area contributed by atoms with Crippen LogP contribution in [0, 0.1) is 5.41 Å². The van der Waals surface area contributed by atoms with Gasteiger partial charge in [0.1, 0.15) is 0 Å². The quantitative estimate of drug-likeness (QED) is 0.383. The molecule has 0 aliphatic heterocycles. The molecule has 1 aromatic heterocycles. The van der Waals surface area contributed by atoms with Crippen LogP contribution in [0.4, 0.5) is 10.5 Å². The lowest BCUT2D eigenvalue weighted by Crippen LogP contribution is -2.40. The average molecular weight is 193 g/mol. The van der Waals surface area contributed by atoms with Crippen LogP contribution in [0.1, 0.15) is 0 Å². The number of pyridine rings is 1. The minimum atomic E-state index is -0.475. The first-order chi connectivity index (χ1) is 6.72. The maximum Gasteiger partial charge on any atom is 0.326 e. The van der Waals surface area contributed by atoms with Gasteiger partial charge in [-0.05, 0) is 12.1 Å². The number of rotatable bonds is 1. The van der Waals surface area contributed by atoms with Gasteiger partial charge in [0, 0.05) is 13.2 Å². The molecule has 2 amide bonds. The molecule has 1 aromatic rings. The molecule has 74 valence electrons. The van der Waals surface area contributed by atoms with Crippen molar-refractivity contribution in [1.29, 1.82) is 5.41 Å². The minimum absolute atomic E-state index is 0.0635. The number of aromatic nitrogens is 1. The topological polar surface area (TPSA) is 89.9 Å². The Balaban J connectivity index is 2.46. The molecule has 6 heteroatoms. The number of anilines is 1. The van der Waals surface area contributed by atoms with E-state index in [1.807, 2.05) is 0 Å². The molecule has 1 heterocycles. The molecular weight excluding hydrogens is 182 g/mol. The first kappa shape index (κ1) is 9.97. The number of hydrogen-bond donors (Lipinski definition) is 4. The summed E-state index contributed by atoms with van der Waals surface area (Å²) in [6.07, 6.45) is 3.13. The summed E-state index contributed by atoms with van der Waals surface area (Å²) in [5, 5.41) is 14.4. The molecule has 0 unspecified atom stereocenters. The summed E-state index contributed by atoms with van der Waals surface area (Å²) in [5.74, 6) is -0.0635. The van der Waals surface area contributed by atoms with E-state index >= 15 is 0 Å². The minimum Gasteiger partial charge on any atom is -0.359 e. The molecule has 1 rings (SSSR count). The molecule has 0 saturated heterocycles. The molecule has 14 heavy (non-hydrogen) atoms. The van der Waals surface area contributed by atoms with E-state index < -0.39 is 6.03 Å². The van der Waals surface area contributed by atoms with Crippen LogP contribution in [0.25, 0.3) is 0 Å². The predicted octanol–water partition coefficient (Wildman–Crippen LogP) is 0.357. The predicted molar refractivity (Wildman–Crippen MR) is 53.2 cm³/mol. The van der Waals surface area contributed by atoms with Gasteiger partial charge in [0.15, 0.2) is 5.96 Å². The van der Waals surface area contributed by atoms with Gasteiger partial charge >= 0.3 is 6.03 Å². The summed E-state index contributed by atoms with van der Waals surface area (Å²) in [4.78, 5) is 15.0. The molecule has 0 aliphatic carbocycles. The van der Waals surface area contributed by atoms with Gasteiger partial charge in [-0.15, -0.1) is 0 Å². The Morgan fingerprint density at radius 2 is 2.36 bits per heavy atom. The molecule has 0 bridgehead atoms. The molecule has 0 aliphatic rings. The van der Waals surface area contributed by atoms with Gasteiger partial charge in [-0.3, -0.25) is 15.7 Å². The van der Waals surface area contributed by atoms with Crippen molar-refractivity contribution in [1.82, 2.24) is 15.6 Å². The van der Waals surface area contributed by atoms with Crippen molar-refractivity contribution in [2.45, 2.75) is 0 Å². The lowest BCUT2D eigenvalue weighted by Gasteiger charge is -2.06. The van der Waals surface area contributed by atoms with Gasteiger partial charge in [0.2, 0.25) is 0 Å². The molecule has 0 saturated carbocycles. The van der Waals surface area contributed by atoms with E-state index in [9.17, 15) is 4.79 Å². The number of nitrogens with zero attached hydrogens (tertiary/aromatic N) is 1. The number of carbonyl (C=O) groups is 1. The van der Waals surface area contributed by atoms with Crippen LogP contribution in [0.15, 0.2) is 24.5 Å². The highest BCUT2D eigenvalue weighted by Gasteiger charge is 2.02. The van der Waals surface area contributed by atoms with Crippen LogP contribution in [0.2, 0.25) is 0 Å².